The average molecular weight is 278 g/mol. The number of ketones is 1. The third kappa shape index (κ3) is 3.32. The van der Waals surface area contributed by atoms with Crippen molar-refractivity contribution < 1.29 is 23.0 Å². The van der Waals surface area contributed by atoms with Gasteiger partial charge in [0.25, 0.3) is 0 Å². The maximum absolute atomic E-state index is 13.0. The van der Waals surface area contributed by atoms with Crippen molar-refractivity contribution in [1.29, 1.82) is 0 Å². The van der Waals surface area contributed by atoms with Gasteiger partial charge in [0, 0.05) is 11.6 Å². The molecule has 0 unspecified atom stereocenters. The van der Waals surface area contributed by atoms with E-state index in [1.54, 1.807) is 24.3 Å². The van der Waals surface area contributed by atoms with E-state index in [2.05, 4.69) is 0 Å². The SMILES string of the molecule is COc1ccc(C(=O)COc2ccc(F)c(F)c2)cc1. The van der Waals surface area contributed by atoms with E-state index in [0.717, 1.165) is 12.1 Å². The number of ether oxygens (including phenoxy) is 2. The fraction of sp³-hybridized carbons (Fsp3) is 0.133. The van der Waals surface area contributed by atoms with Crippen LogP contribution in [0.5, 0.6) is 11.5 Å². The van der Waals surface area contributed by atoms with Gasteiger partial charge in [-0.05, 0) is 36.4 Å². The fourth-order valence-electron chi connectivity index (χ4n) is 1.58. The molecule has 0 saturated carbocycles. The van der Waals surface area contributed by atoms with Crippen LogP contribution in [0.15, 0.2) is 42.5 Å². The van der Waals surface area contributed by atoms with Crippen molar-refractivity contribution in [2.75, 3.05) is 13.7 Å². The Morgan fingerprint density at radius 2 is 1.65 bits per heavy atom. The number of hydrogen-bond donors (Lipinski definition) is 0. The number of halogens is 2. The molecule has 0 fully saturated rings. The zero-order chi connectivity index (χ0) is 14.5. The summed E-state index contributed by atoms with van der Waals surface area (Å²) in [7, 11) is 1.53. The number of benzene rings is 2. The van der Waals surface area contributed by atoms with Crippen LogP contribution in [0, 0.1) is 11.6 Å². The molecule has 0 spiro atoms. The van der Waals surface area contributed by atoms with Crippen molar-refractivity contribution in [3.8, 4) is 11.5 Å². The predicted octanol–water partition coefficient (Wildman–Crippen LogP) is 3.24. The number of hydrogen-bond acceptors (Lipinski definition) is 3. The van der Waals surface area contributed by atoms with E-state index in [1.807, 2.05) is 0 Å². The quantitative estimate of drug-likeness (QED) is 0.788. The van der Waals surface area contributed by atoms with Gasteiger partial charge in [-0.2, -0.15) is 0 Å². The van der Waals surface area contributed by atoms with Gasteiger partial charge in [-0.25, -0.2) is 8.78 Å². The van der Waals surface area contributed by atoms with Gasteiger partial charge in [-0.3, -0.25) is 4.79 Å². The molecule has 0 aliphatic heterocycles. The summed E-state index contributed by atoms with van der Waals surface area (Å²) in [5, 5.41) is 0. The zero-order valence-corrected chi connectivity index (χ0v) is 10.7. The number of Topliss-reactive ketones (excluding diaryl/α,β-unsaturated/α-hetero) is 1. The molecule has 5 heteroatoms. The second-order valence-corrected chi connectivity index (χ2v) is 4.02. The largest absolute Gasteiger partial charge is 0.497 e. The monoisotopic (exact) mass is 278 g/mol. The molecule has 2 rings (SSSR count). The molecule has 2 aromatic rings. The molecule has 0 radical (unpaired) electrons. The molecule has 0 atom stereocenters. The molecule has 3 nitrogen and oxygen atoms in total. The van der Waals surface area contributed by atoms with Gasteiger partial charge in [0.15, 0.2) is 24.0 Å². The number of carbonyl (C=O) groups is 1. The first-order chi connectivity index (χ1) is 9.60. The minimum Gasteiger partial charge on any atom is -0.497 e. The van der Waals surface area contributed by atoms with Crippen LogP contribution in [-0.2, 0) is 0 Å². The third-order valence-electron chi connectivity index (χ3n) is 2.67. The predicted molar refractivity (Wildman–Crippen MR) is 69.2 cm³/mol. The average Bonchev–Trinajstić information content (AvgIpc) is 2.48. The molecule has 0 amide bonds. The van der Waals surface area contributed by atoms with Crippen molar-refractivity contribution >= 4 is 5.78 Å². The second-order valence-electron chi connectivity index (χ2n) is 4.02. The first-order valence-corrected chi connectivity index (χ1v) is 5.85. The van der Waals surface area contributed by atoms with E-state index in [4.69, 9.17) is 9.47 Å². The molecule has 0 heterocycles. The molecule has 104 valence electrons. The normalized spacial score (nSPS) is 10.2. The fourth-order valence-corrected chi connectivity index (χ4v) is 1.58. The topological polar surface area (TPSA) is 35.5 Å². The van der Waals surface area contributed by atoms with Crippen molar-refractivity contribution in [1.82, 2.24) is 0 Å². The van der Waals surface area contributed by atoms with Gasteiger partial charge in [-0.15, -0.1) is 0 Å². The molecule has 0 bridgehead atoms. The number of carbonyl (C=O) groups excluding carboxylic acids is 1. The van der Waals surface area contributed by atoms with Crippen LogP contribution in [0.3, 0.4) is 0 Å². The lowest BCUT2D eigenvalue weighted by Crippen LogP contribution is -2.11. The summed E-state index contributed by atoms with van der Waals surface area (Å²) in [5.74, 6) is -1.50. The maximum Gasteiger partial charge on any atom is 0.200 e. The van der Waals surface area contributed by atoms with Gasteiger partial charge in [0.1, 0.15) is 11.5 Å². The van der Waals surface area contributed by atoms with Gasteiger partial charge in [0.2, 0.25) is 0 Å². The molecular weight excluding hydrogens is 266 g/mol. The summed E-state index contributed by atoms with van der Waals surface area (Å²) < 4.78 is 35.8. The van der Waals surface area contributed by atoms with Crippen molar-refractivity contribution in [3.05, 3.63) is 59.7 Å². The summed E-state index contributed by atoms with van der Waals surface area (Å²) in [6, 6.07) is 9.64. The molecule has 0 saturated heterocycles. The highest BCUT2D eigenvalue weighted by molar-refractivity contribution is 5.97. The van der Waals surface area contributed by atoms with E-state index >= 15 is 0 Å². The Hall–Kier alpha value is -2.43. The summed E-state index contributed by atoms with van der Waals surface area (Å²) in [6.45, 7) is -0.253. The van der Waals surface area contributed by atoms with Crippen LogP contribution in [0.4, 0.5) is 8.78 Å². The highest BCUT2D eigenvalue weighted by Gasteiger charge is 2.08. The first kappa shape index (κ1) is 14.0. The molecule has 0 aliphatic rings. The Balaban J connectivity index is 1.98. The van der Waals surface area contributed by atoms with Crippen molar-refractivity contribution in [2.24, 2.45) is 0 Å². The standard InChI is InChI=1S/C15H12F2O3/c1-19-11-4-2-10(3-5-11)15(18)9-20-12-6-7-13(16)14(17)8-12/h2-8H,9H2,1H3. The Morgan fingerprint density at radius 1 is 1.00 bits per heavy atom. The minimum absolute atomic E-state index is 0.103. The Labute approximate surface area is 114 Å². The van der Waals surface area contributed by atoms with Crippen LogP contribution < -0.4 is 9.47 Å². The summed E-state index contributed by atoms with van der Waals surface area (Å²) >= 11 is 0. The van der Waals surface area contributed by atoms with Gasteiger partial charge in [-0.1, -0.05) is 0 Å². The maximum atomic E-state index is 13.0. The van der Waals surface area contributed by atoms with Gasteiger partial charge in [0.05, 0.1) is 7.11 Å². The van der Waals surface area contributed by atoms with Gasteiger partial charge >= 0.3 is 0 Å². The van der Waals surface area contributed by atoms with Crippen LogP contribution >= 0.6 is 0 Å². The smallest absolute Gasteiger partial charge is 0.200 e. The second kappa shape index (κ2) is 6.14. The number of methoxy groups -OCH3 is 1. The third-order valence-corrected chi connectivity index (χ3v) is 2.67. The summed E-state index contributed by atoms with van der Waals surface area (Å²) in [4.78, 5) is 11.8. The van der Waals surface area contributed by atoms with E-state index in [-0.39, 0.29) is 18.1 Å². The van der Waals surface area contributed by atoms with E-state index in [9.17, 15) is 13.6 Å². The minimum atomic E-state index is -1.01. The van der Waals surface area contributed by atoms with E-state index in [1.165, 1.54) is 13.2 Å². The van der Waals surface area contributed by atoms with E-state index in [0.29, 0.717) is 11.3 Å². The lowest BCUT2D eigenvalue weighted by atomic mass is 10.1. The van der Waals surface area contributed by atoms with Crippen LogP contribution in [0.1, 0.15) is 10.4 Å². The molecule has 0 aliphatic carbocycles. The molecule has 0 N–H and O–H groups in total. The molecule has 2 aromatic carbocycles. The summed E-state index contributed by atoms with van der Waals surface area (Å²) in [5.41, 5.74) is 0.452. The molecule has 20 heavy (non-hydrogen) atoms. The first-order valence-electron chi connectivity index (χ1n) is 5.85. The van der Waals surface area contributed by atoms with Crippen LogP contribution in [0.25, 0.3) is 0 Å². The lowest BCUT2D eigenvalue weighted by Gasteiger charge is -2.06. The van der Waals surface area contributed by atoms with Crippen LogP contribution in [0.2, 0.25) is 0 Å². The Bertz CT molecular complexity index is 609. The van der Waals surface area contributed by atoms with Crippen LogP contribution in [-0.4, -0.2) is 19.5 Å². The number of rotatable bonds is 5. The zero-order valence-electron chi connectivity index (χ0n) is 10.7. The summed E-state index contributed by atoms with van der Waals surface area (Å²) in [6.07, 6.45) is 0. The van der Waals surface area contributed by atoms with Crippen molar-refractivity contribution in [3.63, 3.8) is 0 Å². The molecular formula is C15H12F2O3. The Kier molecular flexibility index (Phi) is 4.30. The highest BCUT2D eigenvalue weighted by atomic mass is 19.2. The lowest BCUT2D eigenvalue weighted by molar-refractivity contribution is 0.0921. The van der Waals surface area contributed by atoms with E-state index < -0.39 is 11.6 Å². The van der Waals surface area contributed by atoms with Gasteiger partial charge < -0.3 is 9.47 Å². The highest BCUT2D eigenvalue weighted by Crippen LogP contribution is 2.16. The van der Waals surface area contributed by atoms with Crippen molar-refractivity contribution in [2.45, 2.75) is 0 Å². The Morgan fingerprint density at radius 3 is 2.25 bits per heavy atom. The molecule has 0 aromatic heterocycles.